The number of nitrogens with one attached hydrogen (secondary N) is 2. The van der Waals surface area contributed by atoms with E-state index in [2.05, 4.69) is 29.5 Å². The van der Waals surface area contributed by atoms with E-state index in [0.717, 1.165) is 22.3 Å². The summed E-state index contributed by atoms with van der Waals surface area (Å²) in [6, 6.07) is 10.0. The van der Waals surface area contributed by atoms with Crippen molar-refractivity contribution in [1.82, 2.24) is 10.6 Å². The van der Waals surface area contributed by atoms with Crippen LogP contribution in [0.5, 0.6) is 0 Å². The predicted octanol–water partition coefficient (Wildman–Crippen LogP) is 3.81. The van der Waals surface area contributed by atoms with E-state index in [1.165, 1.54) is 0 Å². The molecule has 6 heteroatoms. The molecule has 5 radical (unpaired) electrons. The van der Waals surface area contributed by atoms with E-state index in [9.17, 15) is 14.4 Å². The fraction of sp³-hybridized carbons (Fsp3) is 0.333. The summed E-state index contributed by atoms with van der Waals surface area (Å²) in [6.45, 7) is 7.49. The molecule has 0 bridgehead atoms. The van der Waals surface area contributed by atoms with E-state index in [4.69, 9.17) is 4.74 Å². The molecule has 0 spiro atoms. The minimum Gasteiger partial charge on any atom is -0.464 e. The Morgan fingerprint density at radius 2 is 1.58 bits per heavy atom. The maximum atomic E-state index is 12.8. The van der Waals surface area contributed by atoms with E-state index >= 15 is 0 Å². The van der Waals surface area contributed by atoms with Crippen LogP contribution in [0.4, 0.5) is 0 Å². The van der Waals surface area contributed by atoms with Crippen LogP contribution < -0.4 is 10.6 Å². The molecule has 3 rings (SSSR count). The first-order chi connectivity index (χ1) is 15.8. The van der Waals surface area contributed by atoms with Gasteiger partial charge in [0, 0.05) is 11.5 Å². The van der Waals surface area contributed by atoms with Gasteiger partial charge in [-0.15, -0.1) is 0 Å². The van der Waals surface area contributed by atoms with Crippen molar-refractivity contribution in [2.75, 3.05) is 6.61 Å². The molecule has 6 nitrogen and oxygen atoms in total. The first-order valence-electron chi connectivity index (χ1n) is 11.3. The average Bonchev–Trinajstić information content (AvgIpc) is 3.32. The first-order valence-corrected chi connectivity index (χ1v) is 11.3. The molecule has 173 valence electrons. The number of esters is 1. The highest BCUT2D eigenvalue weighted by Crippen LogP contribution is 2.32. The summed E-state index contributed by atoms with van der Waals surface area (Å²) in [5.74, 6) is 0.103. The van der Waals surface area contributed by atoms with Gasteiger partial charge in [0.25, 0.3) is 5.91 Å². The van der Waals surface area contributed by atoms with Crippen molar-refractivity contribution < 1.29 is 19.1 Å². The zero-order valence-electron chi connectivity index (χ0n) is 19.6. The lowest BCUT2D eigenvalue weighted by molar-refractivity contribution is -0.148. The molecule has 2 atom stereocenters. The lowest BCUT2D eigenvalue weighted by Crippen LogP contribution is -2.51. The molecule has 1 aliphatic rings. The first kappa shape index (κ1) is 24.7. The molecule has 0 unspecified atom stereocenters. The number of ether oxygens (including phenoxy) is 1. The molecule has 0 aliphatic heterocycles. The average molecular weight is 448 g/mol. The van der Waals surface area contributed by atoms with Crippen LogP contribution in [0.15, 0.2) is 36.4 Å². The molecule has 2 amide bonds. The molecule has 0 heterocycles. The second kappa shape index (κ2) is 11.3. The van der Waals surface area contributed by atoms with Crippen molar-refractivity contribution in [1.29, 1.82) is 0 Å². The summed E-state index contributed by atoms with van der Waals surface area (Å²) in [4.78, 5) is 37.6. The molecule has 1 aliphatic carbocycles. The third-order valence-corrected chi connectivity index (χ3v) is 5.43. The molecule has 0 saturated heterocycles. The Hall–Kier alpha value is -2.89. The van der Waals surface area contributed by atoms with Crippen molar-refractivity contribution in [3.8, 4) is 0 Å². The van der Waals surface area contributed by atoms with Gasteiger partial charge < -0.3 is 15.4 Å². The topological polar surface area (TPSA) is 84.5 Å². The van der Waals surface area contributed by atoms with Crippen molar-refractivity contribution in [2.24, 2.45) is 5.92 Å². The molecule has 2 aromatic carbocycles. The summed E-state index contributed by atoms with van der Waals surface area (Å²) in [5.41, 5.74) is 1.58. The lowest BCUT2D eigenvalue weighted by Gasteiger charge is -2.21. The minimum atomic E-state index is -0.808. The van der Waals surface area contributed by atoms with Gasteiger partial charge in [0.2, 0.25) is 5.91 Å². The van der Waals surface area contributed by atoms with Crippen LogP contribution in [0.1, 0.15) is 50.0 Å². The smallest absolute Gasteiger partial charge is 0.328 e. The Morgan fingerprint density at radius 1 is 0.909 bits per heavy atom. The van der Waals surface area contributed by atoms with Crippen molar-refractivity contribution in [3.63, 3.8) is 0 Å². The molecule has 2 aromatic rings. The summed E-state index contributed by atoms with van der Waals surface area (Å²) < 4.78 is 5.07. The summed E-state index contributed by atoms with van der Waals surface area (Å²) in [5, 5.41) is 7.40. The largest absolute Gasteiger partial charge is 0.464 e. The highest BCUT2D eigenvalue weighted by Gasteiger charge is 2.26. The monoisotopic (exact) mass is 447 g/mol. The van der Waals surface area contributed by atoms with Gasteiger partial charge in [0.15, 0.2) is 0 Å². The zero-order valence-corrected chi connectivity index (χ0v) is 19.6. The van der Waals surface area contributed by atoms with Crippen molar-refractivity contribution in [3.05, 3.63) is 79.1 Å². The summed E-state index contributed by atoms with van der Waals surface area (Å²) in [6.07, 6.45) is 8.58. The van der Waals surface area contributed by atoms with Crippen LogP contribution in [0.3, 0.4) is 0 Å². The predicted molar refractivity (Wildman–Crippen MR) is 128 cm³/mol. The van der Waals surface area contributed by atoms with Gasteiger partial charge in [-0.25, -0.2) is 4.79 Å². The van der Waals surface area contributed by atoms with Crippen LogP contribution in [0, 0.1) is 37.5 Å². The molecule has 33 heavy (non-hydrogen) atoms. The Labute approximate surface area is 196 Å². The van der Waals surface area contributed by atoms with Crippen molar-refractivity contribution in [2.45, 2.75) is 46.2 Å². The van der Waals surface area contributed by atoms with E-state index in [1.54, 1.807) is 19.9 Å². The Kier molecular flexibility index (Phi) is 8.48. The highest BCUT2D eigenvalue weighted by molar-refractivity contribution is 6.01. The summed E-state index contributed by atoms with van der Waals surface area (Å²) in [7, 11) is 0. The highest BCUT2D eigenvalue weighted by atomic mass is 16.5. The minimum absolute atomic E-state index is 0.196. The molecule has 0 aromatic heterocycles. The molecular weight excluding hydrogens is 416 g/mol. The summed E-state index contributed by atoms with van der Waals surface area (Å²) >= 11 is 0. The van der Waals surface area contributed by atoms with E-state index in [1.807, 2.05) is 51.0 Å². The van der Waals surface area contributed by atoms with Crippen LogP contribution in [-0.4, -0.2) is 36.5 Å². The zero-order chi connectivity index (χ0) is 24.0. The van der Waals surface area contributed by atoms with E-state index in [0.29, 0.717) is 12.0 Å². The quantitative estimate of drug-likeness (QED) is 0.573. The Bertz CT molecular complexity index is 995. The number of rotatable bonds is 9. The number of amides is 2. The lowest BCUT2D eigenvalue weighted by atomic mass is 9.94. The number of benzene rings is 2. The van der Waals surface area contributed by atoms with E-state index in [-0.39, 0.29) is 18.4 Å². The van der Waals surface area contributed by atoms with Gasteiger partial charge in [0.1, 0.15) is 12.1 Å². The van der Waals surface area contributed by atoms with Gasteiger partial charge >= 0.3 is 5.97 Å². The third-order valence-electron chi connectivity index (χ3n) is 5.43. The number of fused-ring (bicyclic) bond motifs is 1. The molecule has 1 saturated carbocycles. The molecule has 1 fully saturated rings. The van der Waals surface area contributed by atoms with Gasteiger partial charge in [0.05, 0.1) is 6.61 Å². The van der Waals surface area contributed by atoms with Crippen molar-refractivity contribution >= 4 is 28.6 Å². The number of carbonyl (C=O) groups excluding carboxylic acids is 3. The standard InChI is InChI=1S/C27H31N2O4/c1-5-33-27(32)24(14-17(2)3)29-25(30)18(4)28-26(31)23-13-12-21-15-20(10-11-22(21)16-23)19-8-6-7-9-19/h6-13,15-18,24H,5,14H2,1-4H3,(H,28,31)(H,29,30)/t18-,24-/m0/s1. The van der Waals surface area contributed by atoms with Crippen LogP contribution in [0.25, 0.3) is 10.8 Å². The van der Waals surface area contributed by atoms with Gasteiger partial charge in [-0.2, -0.15) is 0 Å². The Balaban J connectivity index is 1.64. The number of carbonyl (C=O) groups is 3. The number of hydrogen-bond acceptors (Lipinski definition) is 4. The Morgan fingerprint density at radius 3 is 2.24 bits per heavy atom. The van der Waals surface area contributed by atoms with Crippen LogP contribution >= 0.6 is 0 Å². The SMILES string of the molecule is CCOC(=O)[C@H](CC(C)C)NC(=O)[C@H](C)NC(=O)c1ccc2cc([C]3[CH][CH][CH][CH]3)ccc2c1. The van der Waals surface area contributed by atoms with E-state index < -0.39 is 24.0 Å². The third kappa shape index (κ3) is 6.56. The maximum absolute atomic E-state index is 12.8. The normalized spacial score (nSPS) is 15.9. The van der Waals surface area contributed by atoms with Crippen LogP contribution in [-0.2, 0) is 14.3 Å². The fourth-order valence-corrected chi connectivity index (χ4v) is 3.70. The maximum Gasteiger partial charge on any atom is 0.328 e. The van der Waals surface area contributed by atoms with Gasteiger partial charge in [-0.1, -0.05) is 38.1 Å². The van der Waals surface area contributed by atoms with Gasteiger partial charge in [-0.3, -0.25) is 9.59 Å². The number of hydrogen-bond donors (Lipinski definition) is 2. The second-order valence-corrected chi connectivity index (χ2v) is 8.59. The second-order valence-electron chi connectivity index (χ2n) is 8.59. The molecule has 2 N–H and O–H groups in total. The van der Waals surface area contributed by atoms with Crippen LogP contribution in [0.2, 0.25) is 0 Å². The molecular formula is C27H31N2O4. The van der Waals surface area contributed by atoms with Gasteiger partial charge in [-0.05, 0) is 80.3 Å². The fourth-order valence-electron chi connectivity index (χ4n) is 3.70.